The van der Waals surface area contributed by atoms with Crippen LogP contribution in [0.2, 0.25) is 0 Å². The Kier molecular flexibility index (Phi) is 8.06. The Labute approximate surface area is 103 Å². The molecule has 1 atom stereocenters. The van der Waals surface area contributed by atoms with Gasteiger partial charge in [0.2, 0.25) is 0 Å². The van der Waals surface area contributed by atoms with Crippen LogP contribution in [0.5, 0.6) is 0 Å². The summed E-state index contributed by atoms with van der Waals surface area (Å²) in [6.07, 6.45) is 3.65. The quantitative estimate of drug-likeness (QED) is 0.664. The Morgan fingerprint density at radius 2 is 1.81 bits per heavy atom. The Hall–Kier alpha value is -0.715. The van der Waals surface area contributed by atoms with Crippen molar-refractivity contribution in [3.8, 4) is 0 Å². The van der Waals surface area contributed by atoms with Crippen molar-refractivity contribution in [2.45, 2.75) is 59.8 Å². The van der Waals surface area contributed by atoms with E-state index in [9.17, 15) is 0 Å². The molecule has 1 rings (SSSR count). The summed E-state index contributed by atoms with van der Waals surface area (Å²) in [6, 6.07) is 6.35. The van der Waals surface area contributed by atoms with Gasteiger partial charge < -0.3 is 0 Å². The van der Waals surface area contributed by atoms with Crippen molar-refractivity contribution in [1.29, 1.82) is 0 Å². The molecule has 0 fully saturated rings. The topological polar surface area (TPSA) is 0 Å². The molecule has 88 valence electrons. The van der Waals surface area contributed by atoms with E-state index in [-0.39, 0.29) is 0 Å². The van der Waals surface area contributed by atoms with Gasteiger partial charge in [0.15, 0.2) is 0 Å². The van der Waals surface area contributed by atoms with Crippen LogP contribution in [0.3, 0.4) is 0 Å². The molecule has 0 aliphatic heterocycles. The normalized spacial score (nSPS) is 11.6. The van der Waals surface area contributed by atoms with Crippen molar-refractivity contribution in [2.75, 3.05) is 0 Å². The molecule has 0 aliphatic carbocycles. The zero-order valence-electron chi connectivity index (χ0n) is 11.5. The lowest BCUT2D eigenvalue weighted by Crippen LogP contribution is -2.14. The number of benzene rings is 1. The fraction of sp³-hybridized carbons (Fsp3) is 0.600. The first-order valence-electron chi connectivity index (χ1n) is 6.55. The smallest absolute Gasteiger partial charge is 0.0932 e. The highest BCUT2D eigenvalue weighted by molar-refractivity contribution is 6.33. The summed E-state index contributed by atoms with van der Waals surface area (Å²) in [6.45, 7) is 10.6. The van der Waals surface area contributed by atoms with E-state index in [2.05, 4.69) is 32.9 Å². The van der Waals surface area contributed by atoms with Crippen molar-refractivity contribution in [3.63, 3.8) is 0 Å². The highest BCUT2D eigenvalue weighted by Gasteiger charge is 2.10. The fourth-order valence-electron chi connectivity index (χ4n) is 1.98. The third-order valence-corrected chi connectivity index (χ3v) is 2.81. The van der Waals surface area contributed by atoms with Crippen molar-refractivity contribution in [2.24, 2.45) is 0 Å². The third-order valence-electron chi connectivity index (χ3n) is 2.81. The maximum Gasteiger partial charge on any atom is 0.114 e. The van der Waals surface area contributed by atoms with Crippen LogP contribution in [-0.2, 0) is 0 Å². The predicted octanol–water partition coefficient (Wildman–Crippen LogP) is 4.11. The van der Waals surface area contributed by atoms with E-state index in [1.54, 1.807) is 0 Å². The molecule has 0 spiro atoms. The molecule has 2 radical (unpaired) electrons. The summed E-state index contributed by atoms with van der Waals surface area (Å²) in [5, 5.41) is 0. The van der Waals surface area contributed by atoms with E-state index in [1.807, 2.05) is 19.9 Å². The van der Waals surface area contributed by atoms with E-state index in [1.165, 1.54) is 30.4 Å². The Morgan fingerprint density at radius 3 is 2.31 bits per heavy atom. The minimum atomic E-state index is 0.639. The lowest BCUT2D eigenvalue weighted by atomic mass is 9.80. The van der Waals surface area contributed by atoms with E-state index in [4.69, 9.17) is 7.85 Å². The second-order valence-corrected chi connectivity index (χ2v) is 4.03. The number of aryl methyl sites for hydroxylation is 1. The summed E-state index contributed by atoms with van der Waals surface area (Å²) < 4.78 is 0. The summed E-state index contributed by atoms with van der Waals surface area (Å²) >= 11 is 0. The largest absolute Gasteiger partial charge is 0.114 e. The van der Waals surface area contributed by atoms with E-state index >= 15 is 0 Å². The first-order valence-corrected chi connectivity index (χ1v) is 6.55. The molecule has 0 aliphatic rings. The van der Waals surface area contributed by atoms with Crippen molar-refractivity contribution >= 4 is 13.3 Å². The second-order valence-electron chi connectivity index (χ2n) is 4.03. The van der Waals surface area contributed by atoms with Crippen LogP contribution in [0.4, 0.5) is 0 Å². The van der Waals surface area contributed by atoms with Crippen LogP contribution in [-0.4, -0.2) is 7.85 Å². The summed E-state index contributed by atoms with van der Waals surface area (Å²) in [4.78, 5) is 0. The predicted molar refractivity (Wildman–Crippen MR) is 75.9 cm³/mol. The third kappa shape index (κ3) is 4.43. The first-order chi connectivity index (χ1) is 7.69. The maximum atomic E-state index is 6.00. The van der Waals surface area contributed by atoms with Gasteiger partial charge in [0, 0.05) is 0 Å². The van der Waals surface area contributed by atoms with Gasteiger partial charge in [-0.05, 0) is 25.7 Å². The molecule has 0 amide bonds. The number of hydrogen-bond acceptors (Lipinski definition) is 0. The molecule has 0 N–H and O–H groups in total. The Balaban J connectivity index is 0.00000106. The Morgan fingerprint density at radius 1 is 1.19 bits per heavy atom. The SMILES string of the molecule is CC.[B]c1ccc(C)cc1C(CC)CCC. The van der Waals surface area contributed by atoms with Gasteiger partial charge in [0.1, 0.15) is 7.85 Å². The monoisotopic (exact) mass is 216 g/mol. The van der Waals surface area contributed by atoms with Gasteiger partial charge in [-0.15, -0.1) is 0 Å². The molecule has 0 saturated heterocycles. The maximum absolute atomic E-state index is 6.00. The van der Waals surface area contributed by atoms with Gasteiger partial charge in [0.25, 0.3) is 0 Å². The van der Waals surface area contributed by atoms with Gasteiger partial charge >= 0.3 is 0 Å². The lowest BCUT2D eigenvalue weighted by molar-refractivity contribution is 0.598. The van der Waals surface area contributed by atoms with Gasteiger partial charge in [-0.1, -0.05) is 68.9 Å². The molecule has 0 bridgehead atoms. The zero-order chi connectivity index (χ0) is 12.6. The number of hydrogen-bond donors (Lipinski definition) is 0. The number of rotatable bonds is 4. The molecule has 1 aromatic rings. The highest BCUT2D eigenvalue weighted by Crippen LogP contribution is 2.23. The molecule has 1 heteroatoms. The zero-order valence-corrected chi connectivity index (χ0v) is 11.5. The van der Waals surface area contributed by atoms with Crippen LogP contribution in [0, 0.1) is 6.92 Å². The van der Waals surface area contributed by atoms with Crippen LogP contribution >= 0.6 is 0 Å². The van der Waals surface area contributed by atoms with E-state index < -0.39 is 0 Å². The van der Waals surface area contributed by atoms with Gasteiger partial charge in [0.05, 0.1) is 0 Å². The van der Waals surface area contributed by atoms with Crippen molar-refractivity contribution in [1.82, 2.24) is 0 Å². The van der Waals surface area contributed by atoms with Gasteiger partial charge in [-0.25, -0.2) is 0 Å². The van der Waals surface area contributed by atoms with Crippen LogP contribution in [0.1, 0.15) is 64.0 Å². The van der Waals surface area contributed by atoms with Crippen LogP contribution in [0.15, 0.2) is 18.2 Å². The molecule has 0 heterocycles. The molecular formula is C15H25B. The van der Waals surface area contributed by atoms with Crippen molar-refractivity contribution in [3.05, 3.63) is 29.3 Å². The minimum Gasteiger partial charge on any atom is -0.0932 e. The standard InChI is InChI=1S/C13H19B.C2H6/c1-4-6-11(5-2)12-9-10(3)7-8-13(12)14;1-2/h7-9,11H,4-6H2,1-3H3;1-2H3. The Bertz CT molecular complexity index is 291. The molecule has 0 saturated carbocycles. The minimum absolute atomic E-state index is 0.639. The summed E-state index contributed by atoms with van der Waals surface area (Å²) in [5.74, 6) is 0.639. The van der Waals surface area contributed by atoms with Gasteiger partial charge in [-0.2, -0.15) is 0 Å². The molecule has 0 aromatic heterocycles. The average molecular weight is 216 g/mol. The molecule has 1 aromatic carbocycles. The first kappa shape index (κ1) is 15.3. The van der Waals surface area contributed by atoms with E-state index in [0.717, 1.165) is 5.46 Å². The molecular weight excluding hydrogens is 191 g/mol. The highest BCUT2D eigenvalue weighted by atomic mass is 14.1. The molecule has 16 heavy (non-hydrogen) atoms. The van der Waals surface area contributed by atoms with Crippen LogP contribution < -0.4 is 5.46 Å². The average Bonchev–Trinajstić information content (AvgIpc) is 2.32. The second kappa shape index (κ2) is 8.44. The fourth-order valence-corrected chi connectivity index (χ4v) is 1.98. The summed E-state index contributed by atoms with van der Waals surface area (Å²) in [5.41, 5.74) is 3.61. The molecule has 0 nitrogen and oxygen atoms in total. The molecule has 1 unspecified atom stereocenters. The van der Waals surface area contributed by atoms with Crippen LogP contribution in [0.25, 0.3) is 0 Å². The summed E-state index contributed by atoms with van der Waals surface area (Å²) in [7, 11) is 6.00. The lowest BCUT2D eigenvalue weighted by Gasteiger charge is -2.17. The van der Waals surface area contributed by atoms with E-state index in [0.29, 0.717) is 5.92 Å². The van der Waals surface area contributed by atoms with Crippen molar-refractivity contribution < 1.29 is 0 Å². The van der Waals surface area contributed by atoms with Gasteiger partial charge in [-0.3, -0.25) is 0 Å².